The number of ether oxygens (including phenoxy) is 2. The van der Waals surface area contributed by atoms with E-state index in [1.54, 1.807) is 49.1 Å². The van der Waals surface area contributed by atoms with Gasteiger partial charge in [-0.3, -0.25) is 14.8 Å². The highest BCUT2D eigenvalue weighted by Crippen LogP contribution is 2.18. The molecule has 1 unspecified atom stereocenters. The van der Waals surface area contributed by atoms with Crippen LogP contribution in [0.5, 0.6) is 5.75 Å². The Hall–Kier alpha value is -2.43. The summed E-state index contributed by atoms with van der Waals surface area (Å²) in [6, 6.07) is 7.10. The number of hydrogen-bond donors (Lipinski definition) is 0. The first-order valence-corrected chi connectivity index (χ1v) is 5.82. The Morgan fingerprint density at radius 1 is 1.21 bits per heavy atom. The normalized spacial score (nSPS) is 11.6. The second-order valence-electron chi connectivity index (χ2n) is 3.86. The van der Waals surface area contributed by atoms with Gasteiger partial charge in [0.15, 0.2) is 0 Å². The van der Waals surface area contributed by atoms with E-state index in [4.69, 9.17) is 9.47 Å². The lowest BCUT2D eigenvalue weighted by Gasteiger charge is -2.15. The number of aromatic nitrogens is 2. The Labute approximate surface area is 111 Å². The maximum Gasteiger partial charge on any atom is 0.316 e. The Kier molecular flexibility index (Phi) is 4.44. The highest BCUT2D eigenvalue weighted by Gasteiger charge is 2.22. The molecule has 0 fully saturated rings. The summed E-state index contributed by atoms with van der Waals surface area (Å²) in [7, 11) is 1.36. The molecule has 5 nitrogen and oxygen atoms in total. The van der Waals surface area contributed by atoms with Crippen LogP contribution in [-0.4, -0.2) is 29.7 Å². The van der Waals surface area contributed by atoms with E-state index in [0.717, 1.165) is 5.56 Å². The zero-order valence-electron chi connectivity index (χ0n) is 10.5. The molecule has 98 valence electrons. The molecule has 0 spiro atoms. The average molecular weight is 258 g/mol. The van der Waals surface area contributed by atoms with Crippen molar-refractivity contribution in [3.05, 3.63) is 54.6 Å². The molecule has 0 bridgehead atoms. The van der Waals surface area contributed by atoms with Crippen LogP contribution in [-0.2, 0) is 9.53 Å². The van der Waals surface area contributed by atoms with Crippen LogP contribution in [0.25, 0.3) is 0 Å². The minimum absolute atomic E-state index is 0.197. The summed E-state index contributed by atoms with van der Waals surface area (Å²) in [5.41, 5.74) is 0.811. The number of hydrogen-bond acceptors (Lipinski definition) is 5. The van der Waals surface area contributed by atoms with Crippen LogP contribution < -0.4 is 4.74 Å². The summed E-state index contributed by atoms with van der Waals surface area (Å²) in [6.07, 6.45) is 6.53. The number of nitrogens with zero attached hydrogens (tertiary/aromatic N) is 2. The molecule has 19 heavy (non-hydrogen) atoms. The van der Waals surface area contributed by atoms with Crippen molar-refractivity contribution in [2.24, 2.45) is 0 Å². The fourth-order valence-electron chi connectivity index (χ4n) is 1.65. The molecule has 2 aromatic heterocycles. The van der Waals surface area contributed by atoms with Crippen LogP contribution in [0.4, 0.5) is 0 Å². The summed E-state index contributed by atoms with van der Waals surface area (Å²) in [5.74, 6) is -0.200. The van der Waals surface area contributed by atoms with Gasteiger partial charge in [-0.05, 0) is 29.8 Å². The van der Waals surface area contributed by atoms with Gasteiger partial charge in [0.05, 0.1) is 13.3 Å². The minimum atomic E-state index is -0.479. The standard InChI is InChI=1S/C14H14N2O3/c1-18-14(17)13(11-4-7-15-8-5-11)10-19-12-3-2-6-16-9-12/h2-9,13H,10H2,1H3. The average Bonchev–Trinajstić information content (AvgIpc) is 2.49. The van der Waals surface area contributed by atoms with Gasteiger partial charge < -0.3 is 9.47 Å². The van der Waals surface area contributed by atoms with Gasteiger partial charge in [-0.2, -0.15) is 0 Å². The smallest absolute Gasteiger partial charge is 0.316 e. The Morgan fingerprint density at radius 3 is 2.63 bits per heavy atom. The molecule has 1 atom stereocenters. The van der Waals surface area contributed by atoms with Crippen molar-refractivity contribution in [3.8, 4) is 5.75 Å². The van der Waals surface area contributed by atoms with Crippen LogP contribution in [0, 0.1) is 0 Å². The fourth-order valence-corrected chi connectivity index (χ4v) is 1.65. The second kappa shape index (κ2) is 6.49. The summed E-state index contributed by atoms with van der Waals surface area (Å²) < 4.78 is 10.4. The Balaban J connectivity index is 2.09. The third-order valence-corrected chi connectivity index (χ3v) is 2.65. The Morgan fingerprint density at radius 2 is 2.00 bits per heavy atom. The van der Waals surface area contributed by atoms with Crippen molar-refractivity contribution < 1.29 is 14.3 Å². The van der Waals surface area contributed by atoms with E-state index in [1.165, 1.54) is 7.11 Å². The minimum Gasteiger partial charge on any atom is -0.491 e. The van der Waals surface area contributed by atoms with Crippen molar-refractivity contribution >= 4 is 5.97 Å². The molecule has 5 heteroatoms. The largest absolute Gasteiger partial charge is 0.491 e. The SMILES string of the molecule is COC(=O)C(COc1cccnc1)c1ccncc1. The molecule has 0 aromatic carbocycles. The van der Waals surface area contributed by atoms with Crippen LogP contribution in [0.1, 0.15) is 11.5 Å². The summed E-state index contributed by atoms with van der Waals surface area (Å²) in [4.78, 5) is 19.7. The number of methoxy groups -OCH3 is 1. The van der Waals surface area contributed by atoms with Gasteiger partial charge in [0.25, 0.3) is 0 Å². The van der Waals surface area contributed by atoms with Gasteiger partial charge in [-0.15, -0.1) is 0 Å². The molecule has 0 amide bonds. The molecule has 0 saturated carbocycles. The highest BCUT2D eigenvalue weighted by molar-refractivity contribution is 5.78. The maximum absolute atomic E-state index is 11.8. The van der Waals surface area contributed by atoms with Crippen molar-refractivity contribution in [2.75, 3.05) is 13.7 Å². The van der Waals surface area contributed by atoms with Gasteiger partial charge in [-0.1, -0.05) is 0 Å². The first-order chi connectivity index (χ1) is 9.31. The van der Waals surface area contributed by atoms with Crippen LogP contribution in [0.15, 0.2) is 49.1 Å². The fraction of sp³-hybridized carbons (Fsp3) is 0.214. The molecule has 0 N–H and O–H groups in total. The monoisotopic (exact) mass is 258 g/mol. The third kappa shape index (κ3) is 3.51. The Bertz CT molecular complexity index is 517. The van der Waals surface area contributed by atoms with Gasteiger partial charge in [0.2, 0.25) is 0 Å². The van der Waals surface area contributed by atoms with E-state index < -0.39 is 5.92 Å². The second-order valence-corrected chi connectivity index (χ2v) is 3.86. The lowest BCUT2D eigenvalue weighted by atomic mass is 10.0. The van der Waals surface area contributed by atoms with Crippen molar-refractivity contribution in [1.29, 1.82) is 0 Å². The molecule has 0 aliphatic heterocycles. The predicted molar refractivity (Wildman–Crippen MR) is 68.7 cm³/mol. The number of esters is 1. The first kappa shape index (κ1) is 13.0. The maximum atomic E-state index is 11.8. The molecule has 0 aliphatic carbocycles. The van der Waals surface area contributed by atoms with E-state index in [9.17, 15) is 4.79 Å². The van der Waals surface area contributed by atoms with Crippen LogP contribution in [0.2, 0.25) is 0 Å². The summed E-state index contributed by atoms with van der Waals surface area (Å²) >= 11 is 0. The molecule has 0 aliphatic rings. The quantitative estimate of drug-likeness (QED) is 0.765. The van der Waals surface area contributed by atoms with Gasteiger partial charge >= 0.3 is 5.97 Å². The molecule has 0 radical (unpaired) electrons. The van der Waals surface area contributed by atoms with Gasteiger partial charge in [-0.25, -0.2) is 0 Å². The van der Waals surface area contributed by atoms with Gasteiger partial charge in [0.1, 0.15) is 18.3 Å². The first-order valence-electron chi connectivity index (χ1n) is 5.82. The summed E-state index contributed by atoms with van der Waals surface area (Å²) in [6.45, 7) is 0.197. The number of pyridine rings is 2. The van der Waals surface area contributed by atoms with Crippen molar-refractivity contribution in [3.63, 3.8) is 0 Å². The topological polar surface area (TPSA) is 61.3 Å². The molecular formula is C14H14N2O3. The molecule has 2 rings (SSSR count). The molecule has 2 heterocycles. The number of rotatable bonds is 5. The van der Waals surface area contributed by atoms with Crippen LogP contribution >= 0.6 is 0 Å². The van der Waals surface area contributed by atoms with Crippen molar-refractivity contribution in [2.45, 2.75) is 5.92 Å². The van der Waals surface area contributed by atoms with E-state index in [0.29, 0.717) is 5.75 Å². The molecule has 2 aromatic rings. The van der Waals surface area contributed by atoms with Crippen LogP contribution in [0.3, 0.4) is 0 Å². The van der Waals surface area contributed by atoms with Crippen molar-refractivity contribution in [1.82, 2.24) is 9.97 Å². The molecule has 0 saturated heterocycles. The molecular weight excluding hydrogens is 244 g/mol. The third-order valence-electron chi connectivity index (χ3n) is 2.65. The number of carbonyl (C=O) groups excluding carboxylic acids is 1. The van der Waals surface area contributed by atoms with Gasteiger partial charge in [0, 0.05) is 18.6 Å². The number of carbonyl (C=O) groups is 1. The lowest BCUT2D eigenvalue weighted by molar-refractivity contribution is -0.143. The zero-order valence-corrected chi connectivity index (χ0v) is 10.5. The highest BCUT2D eigenvalue weighted by atomic mass is 16.5. The van der Waals surface area contributed by atoms with E-state index in [1.807, 2.05) is 0 Å². The summed E-state index contributed by atoms with van der Waals surface area (Å²) in [5, 5.41) is 0. The zero-order chi connectivity index (χ0) is 13.5. The van der Waals surface area contributed by atoms with E-state index >= 15 is 0 Å². The van der Waals surface area contributed by atoms with E-state index in [-0.39, 0.29) is 12.6 Å². The van der Waals surface area contributed by atoms with E-state index in [2.05, 4.69) is 9.97 Å². The lowest BCUT2D eigenvalue weighted by Crippen LogP contribution is -2.21. The predicted octanol–water partition coefficient (Wildman–Crippen LogP) is 1.81.